The Morgan fingerprint density at radius 1 is 1.27 bits per heavy atom. The molecule has 0 bridgehead atoms. The molecule has 2 N–H and O–H groups in total. The van der Waals surface area contributed by atoms with Crippen LogP contribution in [-0.2, 0) is 0 Å². The summed E-state index contributed by atoms with van der Waals surface area (Å²) in [5.74, 6) is 0.850. The predicted molar refractivity (Wildman–Crippen MR) is 61.2 cm³/mol. The van der Waals surface area contributed by atoms with E-state index >= 15 is 0 Å². The van der Waals surface area contributed by atoms with Gasteiger partial charge in [0.15, 0.2) is 0 Å². The number of aromatic nitrogens is 1. The summed E-state index contributed by atoms with van der Waals surface area (Å²) in [7, 11) is 0. The number of benzene rings is 1. The van der Waals surface area contributed by atoms with Crippen molar-refractivity contribution in [2.75, 3.05) is 12.4 Å². The Labute approximate surface area is 91.8 Å². The van der Waals surface area contributed by atoms with Gasteiger partial charge in [-0.15, -0.1) is 11.8 Å². The molecule has 2 rings (SSSR count). The Bertz CT molecular complexity index is 473. The third-order valence-corrected chi connectivity index (χ3v) is 3.03. The Morgan fingerprint density at radius 3 is 2.93 bits per heavy atom. The lowest BCUT2D eigenvalue weighted by Crippen LogP contribution is -1.88. The third-order valence-electron chi connectivity index (χ3n) is 2.04. The van der Waals surface area contributed by atoms with Crippen molar-refractivity contribution in [2.24, 2.45) is 0 Å². The van der Waals surface area contributed by atoms with Gasteiger partial charge in [0.2, 0.25) is 0 Å². The standard InChI is InChI=1S/C11H11NO2S/c13-5-6-15-11-10-7-9(14)2-1-8(10)3-4-12-11/h1-4,7,13-14H,5-6H2. The summed E-state index contributed by atoms with van der Waals surface area (Å²) in [6.07, 6.45) is 1.74. The third kappa shape index (κ3) is 2.22. The molecule has 78 valence electrons. The van der Waals surface area contributed by atoms with Gasteiger partial charge in [0.1, 0.15) is 10.8 Å². The first kappa shape index (κ1) is 10.3. The van der Waals surface area contributed by atoms with Crippen LogP contribution in [0.15, 0.2) is 35.5 Å². The SMILES string of the molecule is OCCSc1nccc2ccc(O)cc12. The Hall–Kier alpha value is -1.26. The Balaban J connectivity index is 2.48. The van der Waals surface area contributed by atoms with Crippen LogP contribution in [0.1, 0.15) is 0 Å². The molecule has 0 aliphatic carbocycles. The fraction of sp³-hybridized carbons (Fsp3) is 0.182. The Morgan fingerprint density at radius 2 is 2.13 bits per heavy atom. The van der Waals surface area contributed by atoms with Crippen molar-refractivity contribution in [1.29, 1.82) is 0 Å². The topological polar surface area (TPSA) is 53.4 Å². The smallest absolute Gasteiger partial charge is 0.116 e. The van der Waals surface area contributed by atoms with Gasteiger partial charge in [0, 0.05) is 17.3 Å². The summed E-state index contributed by atoms with van der Waals surface area (Å²) in [6, 6.07) is 7.11. The number of nitrogens with zero attached hydrogens (tertiary/aromatic N) is 1. The molecule has 0 spiro atoms. The minimum absolute atomic E-state index is 0.127. The van der Waals surface area contributed by atoms with Crippen LogP contribution in [0, 0.1) is 0 Å². The number of aromatic hydroxyl groups is 1. The Kier molecular flexibility index (Phi) is 3.08. The number of aliphatic hydroxyl groups is 1. The lowest BCUT2D eigenvalue weighted by Gasteiger charge is -2.04. The van der Waals surface area contributed by atoms with Gasteiger partial charge in [-0.1, -0.05) is 6.07 Å². The lowest BCUT2D eigenvalue weighted by molar-refractivity contribution is 0.322. The van der Waals surface area contributed by atoms with Crippen molar-refractivity contribution in [1.82, 2.24) is 4.98 Å². The van der Waals surface area contributed by atoms with Crippen LogP contribution >= 0.6 is 11.8 Å². The molecule has 0 atom stereocenters. The number of pyridine rings is 1. The number of phenolic OH excluding ortho intramolecular Hbond substituents is 1. The van der Waals surface area contributed by atoms with Gasteiger partial charge in [-0.05, 0) is 23.6 Å². The van der Waals surface area contributed by atoms with E-state index in [2.05, 4.69) is 4.98 Å². The van der Waals surface area contributed by atoms with Gasteiger partial charge in [-0.2, -0.15) is 0 Å². The second-order valence-corrected chi connectivity index (χ2v) is 4.18. The zero-order valence-corrected chi connectivity index (χ0v) is 8.87. The zero-order valence-electron chi connectivity index (χ0n) is 8.05. The van der Waals surface area contributed by atoms with Gasteiger partial charge >= 0.3 is 0 Å². The number of thioether (sulfide) groups is 1. The summed E-state index contributed by atoms with van der Waals surface area (Å²) in [5.41, 5.74) is 0. The van der Waals surface area contributed by atoms with Crippen molar-refractivity contribution in [3.63, 3.8) is 0 Å². The van der Waals surface area contributed by atoms with Crippen molar-refractivity contribution in [3.05, 3.63) is 30.5 Å². The number of rotatable bonds is 3. The molecule has 0 fully saturated rings. The van der Waals surface area contributed by atoms with Crippen LogP contribution in [0.5, 0.6) is 5.75 Å². The van der Waals surface area contributed by atoms with Crippen molar-refractivity contribution in [2.45, 2.75) is 5.03 Å². The van der Waals surface area contributed by atoms with Crippen molar-refractivity contribution >= 4 is 22.5 Å². The molecule has 0 aliphatic rings. The molecule has 0 amide bonds. The van der Waals surface area contributed by atoms with E-state index in [9.17, 15) is 5.11 Å². The highest BCUT2D eigenvalue weighted by molar-refractivity contribution is 7.99. The molecule has 2 aromatic rings. The number of hydrogen-bond donors (Lipinski definition) is 2. The fourth-order valence-electron chi connectivity index (χ4n) is 1.39. The van der Waals surface area contributed by atoms with Gasteiger partial charge < -0.3 is 10.2 Å². The number of phenols is 1. The van der Waals surface area contributed by atoms with E-state index in [1.807, 2.05) is 12.1 Å². The number of fused-ring (bicyclic) bond motifs is 1. The monoisotopic (exact) mass is 221 g/mol. The second kappa shape index (κ2) is 4.51. The molecule has 0 saturated heterocycles. The minimum atomic E-state index is 0.127. The lowest BCUT2D eigenvalue weighted by atomic mass is 10.2. The highest BCUT2D eigenvalue weighted by atomic mass is 32.2. The van der Waals surface area contributed by atoms with E-state index in [0.717, 1.165) is 15.8 Å². The maximum Gasteiger partial charge on any atom is 0.116 e. The van der Waals surface area contributed by atoms with E-state index in [4.69, 9.17) is 5.11 Å². The highest BCUT2D eigenvalue weighted by Crippen LogP contribution is 2.28. The largest absolute Gasteiger partial charge is 0.508 e. The van der Waals surface area contributed by atoms with Gasteiger partial charge in [0.05, 0.1) is 6.61 Å². The van der Waals surface area contributed by atoms with Crippen LogP contribution in [-0.4, -0.2) is 27.6 Å². The molecule has 1 aromatic carbocycles. The number of hydrogen-bond acceptors (Lipinski definition) is 4. The van der Waals surface area contributed by atoms with Gasteiger partial charge in [0.25, 0.3) is 0 Å². The molecule has 0 saturated carbocycles. The second-order valence-electron chi connectivity index (χ2n) is 3.09. The molecule has 0 aliphatic heterocycles. The maximum absolute atomic E-state index is 9.39. The summed E-state index contributed by atoms with van der Waals surface area (Å²) in [4.78, 5) is 4.23. The maximum atomic E-state index is 9.39. The van der Waals surface area contributed by atoms with Crippen LogP contribution < -0.4 is 0 Å². The molecule has 4 heteroatoms. The first-order chi connectivity index (χ1) is 7.31. The molecule has 0 unspecified atom stereocenters. The van der Waals surface area contributed by atoms with Gasteiger partial charge in [-0.3, -0.25) is 0 Å². The summed E-state index contributed by atoms with van der Waals surface area (Å²) < 4.78 is 0. The van der Waals surface area contributed by atoms with Crippen molar-refractivity contribution in [3.8, 4) is 5.75 Å². The zero-order chi connectivity index (χ0) is 10.7. The average Bonchev–Trinajstić information content (AvgIpc) is 2.26. The van der Waals surface area contributed by atoms with Crippen LogP contribution in [0.2, 0.25) is 0 Å². The van der Waals surface area contributed by atoms with E-state index in [-0.39, 0.29) is 12.4 Å². The molecule has 3 nitrogen and oxygen atoms in total. The van der Waals surface area contributed by atoms with Crippen LogP contribution in [0.25, 0.3) is 10.8 Å². The van der Waals surface area contributed by atoms with Crippen molar-refractivity contribution < 1.29 is 10.2 Å². The molecular weight excluding hydrogens is 210 g/mol. The number of aliphatic hydroxyl groups excluding tert-OH is 1. The molecular formula is C11H11NO2S. The summed E-state index contributed by atoms with van der Waals surface area (Å²) >= 11 is 1.49. The molecule has 0 radical (unpaired) electrons. The molecule has 1 aromatic heterocycles. The van der Waals surface area contributed by atoms with E-state index in [1.54, 1.807) is 18.3 Å². The van der Waals surface area contributed by atoms with E-state index in [1.165, 1.54) is 11.8 Å². The van der Waals surface area contributed by atoms with Crippen LogP contribution in [0.3, 0.4) is 0 Å². The van der Waals surface area contributed by atoms with E-state index < -0.39 is 0 Å². The first-order valence-corrected chi connectivity index (χ1v) is 5.61. The molecule has 15 heavy (non-hydrogen) atoms. The quantitative estimate of drug-likeness (QED) is 0.779. The normalized spacial score (nSPS) is 10.7. The predicted octanol–water partition coefficient (Wildman–Crippen LogP) is 2.02. The van der Waals surface area contributed by atoms with Crippen LogP contribution in [0.4, 0.5) is 0 Å². The summed E-state index contributed by atoms with van der Waals surface area (Å²) in [5, 5.41) is 21.0. The summed E-state index contributed by atoms with van der Waals surface area (Å²) in [6.45, 7) is 0.127. The fourth-order valence-corrected chi connectivity index (χ4v) is 2.14. The average molecular weight is 221 g/mol. The first-order valence-electron chi connectivity index (χ1n) is 4.62. The van der Waals surface area contributed by atoms with E-state index in [0.29, 0.717) is 5.75 Å². The van der Waals surface area contributed by atoms with Gasteiger partial charge in [-0.25, -0.2) is 4.98 Å². The molecule has 1 heterocycles. The highest BCUT2D eigenvalue weighted by Gasteiger charge is 2.03. The minimum Gasteiger partial charge on any atom is -0.508 e.